The summed E-state index contributed by atoms with van der Waals surface area (Å²) in [6.07, 6.45) is 4.37. The number of fused-ring (bicyclic) bond motifs is 1. The smallest absolute Gasteiger partial charge is 0.142 e. The van der Waals surface area contributed by atoms with E-state index in [-0.39, 0.29) is 28.6 Å². The minimum Gasteiger partial charge on any atom is -0.493 e. The molecule has 0 aromatic heterocycles. The van der Waals surface area contributed by atoms with Crippen molar-refractivity contribution < 1.29 is 22.3 Å². The van der Waals surface area contributed by atoms with Gasteiger partial charge < -0.3 is 4.74 Å². The predicted molar refractivity (Wildman–Crippen MR) is 142 cm³/mol. The van der Waals surface area contributed by atoms with Crippen LogP contribution in [0.2, 0.25) is 5.02 Å². The second-order valence-electron chi connectivity index (χ2n) is 9.26. The van der Waals surface area contributed by atoms with Gasteiger partial charge in [0.1, 0.15) is 29.0 Å². The molecule has 0 saturated heterocycles. The highest BCUT2D eigenvalue weighted by Crippen LogP contribution is 2.26. The van der Waals surface area contributed by atoms with E-state index in [4.69, 9.17) is 16.3 Å². The lowest BCUT2D eigenvalue weighted by molar-refractivity contribution is 0.302. The maximum atomic E-state index is 15.2. The van der Waals surface area contributed by atoms with Crippen LogP contribution in [0.25, 0.3) is 10.8 Å². The van der Waals surface area contributed by atoms with Crippen molar-refractivity contribution in [1.82, 2.24) is 0 Å². The molecule has 0 radical (unpaired) electrons. The van der Waals surface area contributed by atoms with Crippen LogP contribution in [0, 0.1) is 23.3 Å². The van der Waals surface area contributed by atoms with Gasteiger partial charge in [-0.15, -0.1) is 0 Å². The molecule has 0 heterocycles. The number of unbranched alkanes of at least 4 members (excludes halogenated alkanes) is 2. The van der Waals surface area contributed by atoms with Crippen LogP contribution >= 0.6 is 11.6 Å². The molecular formula is C31H29ClF4O. The van der Waals surface area contributed by atoms with E-state index in [1.165, 1.54) is 24.3 Å². The summed E-state index contributed by atoms with van der Waals surface area (Å²) in [5, 5.41) is 1.25. The van der Waals surface area contributed by atoms with E-state index < -0.39 is 17.5 Å². The second kappa shape index (κ2) is 12.5. The van der Waals surface area contributed by atoms with Crippen LogP contribution in [0.4, 0.5) is 17.6 Å². The molecule has 194 valence electrons. The first kappa shape index (κ1) is 27.0. The maximum absolute atomic E-state index is 15.2. The summed E-state index contributed by atoms with van der Waals surface area (Å²) in [5.41, 5.74) is 2.15. The quantitative estimate of drug-likeness (QED) is 0.139. The van der Waals surface area contributed by atoms with E-state index >= 15 is 4.39 Å². The fraction of sp³-hybridized carbons (Fsp3) is 0.290. The van der Waals surface area contributed by atoms with E-state index in [2.05, 4.69) is 6.92 Å². The molecule has 0 amide bonds. The molecule has 0 fully saturated rings. The monoisotopic (exact) mass is 528 g/mol. The lowest BCUT2D eigenvalue weighted by Gasteiger charge is -2.11. The molecule has 4 aromatic carbocycles. The number of aryl methyl sites for hydroxylation is 3. The van der Waals surface area contributed by atoms with Gasteiger partial charge in [-0.3, -0.25) is 0 Å². The minimum atomic E-state index is -0.623. The molecule has 4 rings (SSSR count). The molecule has 0 aliphatic heterocycles. The van der Waals surface area contributed by atoms with Gasteiger partial charge in [0.05, 0.1) is 11.6 Å². The Bertz CT molecular complexity index is 1360. The number of halogens is 5. The van der Waals surface area contributed by atoms with E-state index in [1.807, 2.05) is 12.1 Å². The lowest BCUT2D eigenvalue weighted by Crippen LogP contribution is -2.03. The highest BCUT2D eigenvalue weighted by Gasteiger charge is 2.14. The number of benzene rings is 4. The first-order valence-corrected chi connectivity index (χ1v) is 13.0. The minimum absolute atomic E-state index is 0.0150. The summed E-state index contributed by atoms with van der Waals surface area (Å²) >= 11 is 5.73. The number of hydrogen-bond donors (Lipinski definition) is 0. The van der Waals surface area contributed by atoms with Crippen LogP contribution in [-0.2, 0) is 25.7 Å². The van der Waals surface area contributed by atoms with Gasteiger partial charge in [-0.1, -0.05) is 67.8 Å². The Morgan fingerprint density at radius 2 is 1.41 bits per heavy atom. The first-order valence-electron chi connectivity index (χ1n) is 12.6. The SMILES string of the molecule is CCCCCOc1cc(F)c(CCc2ccc3c(F)c(CCc4ccc(Cl)c(F)c4)ccc3c2)c(F)c1. The number of ether oxygens (including phenoxy) is 1. The van der Waals surface area contributed by atoms with Crippen LogP contribution in [0.3, 0.4) is 0 Å². The zero-order valence-corrected chi connectivity index (χ0v) is 21.5. The fourth-order valence-corrected chi connectivity index (χ4v) is 4.54. The van der Waals surface area contributed by atoms with Crippen LogP contribution in [0.1, 0.15) is 48.4 Å². The fourth-order valence-electron chi connectivity index (χ4n) is 4.42. The van der Waals surface area contributed by atoms with Crippen molar-refractivity contribution >= 4 is 22.4 Å². The molecule has 0 aliphatic carbocycles. The molecule has 1 nitrogen and oxygen atoms in total. The largest absolute Gasteiger partial charge is 0.493 e. The van der Waals surface area contributed by atoms with Crippen molar-refractivity contribution in [3.63, 3.8) is 0 Å². The molecular weight excluding hydrogens is 500 g/mol. The normalized spacial score (nSPS) is 11.3. The van der Waals surface area contributed by atoms with E-state index in [0.717, 1.165) is 30.4 Å². The Labute approximate surface area is 220 Å². The molecule has 0 atom stereocenters. The molecule has 0 aliphatic rings. The van der Waals surface area contributed by atoms with Crippen molar-refractivity contribution in [2.75, 3.05) is 6.61 Å². The van der Waals surface area contributed by atoms with Crippen molar-refractivity contribution in [3.8, 4) is 5.75 Å². The highest BCUT2D eigenvalue weighted by molar-refractivity contribution is 6.30. The summed E-state index contributed by atoms with van der Waals surface area (Å²) in [7, 11) is 0. The van der Waals surface area contributed by atoms with Gasteiger partial charge in [0.15, 0.2) is 0 Å². The molecule has 0 N–H and O–H groups in total. The van der Waals surface area contributed by atoms with Crippen LogP contribution in [0.15, 0.2) is 60.7 Å². The summed E-state index contributed by atoms with van der Waals surface area (Å²) < 4.78 is 63.5. The molecule has 6 heteroatoms. The average molecular weight is 529 g/mol. The first-order chi connectivity index (χ1) is 17.9. The Morgan fingerprint density at radius 3 is 2.14 bits per heavy atom. The van der Waals surface area contributed by atoms with Gasteiger partial charge in [-0.05, 0) is 66.3 Å². The Balaban J connectivity index is 1.41. The van der Waals surface area contributed by atoms with Crippen molar-refractivity contribution in [1.29, 1.82) is 0 Å². The van der Waals surface area contributed by atoms with Crippen molar-refractivity contribution in [3.05, 3.63) is 111 Å². The number of hydrogen-bond acceptors (Lipinski definition) is 1. The van der Waals surface area contributed by atoms with E-state index in [9.17, 15) is 13.2 Å². The highest BCUT2D eigenvalue weighted by atomic mass is 35.5. The van der Waals surface area contributed by atoms with Gasteiger partial charge in [0.25, 0.3) is 0 Å². The molecule has 37 heavy (non-hydrogen) atoms. The van der Waals surface area contributed by atoms with Gasteiger partial charge in [-0.25, -0.2) is 17.6 Å². The van der Waals surface area contributed by atoms with Crippen LogP contribution < -0.4 is 4.74 Å². The second-order valence-corrected chi connectivity index (χ2v) is 9.67. The summed E-state index contributed by atoms with van der Waals surface area (Å²) in [6.45, 7) is 2.51. The van der Waals surface area contributed by atoms with Gasteiger partial charge in [0, 0.05) is 23.1 Å². The molecule has 0 bridgehead atoms. The number of rotatable bonds is 11. The maximum Gasteiger partial charge on any atom is 0.142 e. The van der Waals surface area contributed by atoms with Crippen molar-refractivity contribution in [2.45, 2.75) is 51.9 Å². The third kappa shape index (κ3) is 6.84. The summed E-state index contributed by atoms with van der Waals surface area (Å²) in [4.78, 5) is 0. The molecule has 0 unspecified atom stereocenters. The van der Waals surface area contributed by atoms with Crippen LogP contribution in [0.5, 0.6) is 5.75 Å². The lowest BCUT2D eigenvalue weighted by atomic mass is 9.97. The third-order valence-electron chi connectivity index (χ3n) is 6.56. The molecule has 4 aromatic rings. The summed E-state index contributed by atoms with van der Waals surface area (Å²) in [6, 6.07) is 16.0. The Morgan fingerprint density at radius 1 is 0.703 bits per heavy atom. The molecule has 0 spiro atoms. The zero-order chi connectivity index (χ0) is 26.4. The van der Waals surface area contributed by atoms with E-state index in [1.54, 1.807) is 24.3 Å². The molecule has 0 saturated carbocycles. The van der Waals surface area contributed by atoms with Crippen LogP contribution in [-0.4, -0.2) is 6.61 Å². The zero-order valence-electron chi connectivity index (χ0n) is 20.7. The third-order valence-corrected chi connectivity index (χ3v) is 6.87. The van der Waals surface area contributed by atoms with E-state index in [0.29, 0.717) is 42.2 Å². The Hall–Kier alpha value is -3.05. The Kier molecular flexibility index (Phi) is 9.09. The summed E-state index contributed by atoms with van der Waals surface area (Å²) in [5.74, 6) is -1.85. The van der Waals surface area contributed by atoms with Gasteiger partial charge in [0.2, 0.25) is 0 Å². The predicted octanol–water partition coefficient (Wildman–Crippen LogP) is 9.19. The standard InChI is InChI=1S/C31H29ClF4O/c1-2-3-4-15-37-24-18-28(33)26(29(34)19-24)13-7-20-6-12-25-23(16-20)11-10-22(31(25)36)9-5-21-8-14-27(32)30(35)17-21/h6,8,10-12,14,16-19H,2-5,7,9,13,15H2,1H3. The topological polar surface area (TPSA) is 9.23 Å². The van der Waals surface area contributed by atoms with Gasteiger partial charge in [-0.2, -0.15) is 0 Å². The average Bonchev–Trinajstić information content (AvgIpc) is 2.88. The van der Waals surface area contributed by atoms with Gasteiger partial charge >= 0.3 is 0 Å². The van der Waals surface area contributed by atoms with Crippen molar-refractivity contribution in [2.24, 2.45) is 0 Å².